The Morgan fingerprint density at radius 1 is 1.23 bits per heavy atom. The minimum atomic E-state index is -0.798. The maximum atomic E-state index is 11.7. The van der Waals surface area contributed by atoms with Crippen molar-refractivity contribution in [2.24, 2.45) is 4.99 Å². The molecule has 2 aliphatic heterocycles. The van der Waals surface area contributed by atoms with Gasteiger partial charge in [-0.05, 0) is 48.8 Å². The molecule has 0 spiro atoms. The highest BCUT2D eigenvalue weighted by Gasteiger charge is 2.34. The molecule has 202 valence electrons. The Bertz CT molecular complexity index is 1400. The maximum absolute atomic E-state index is 11.7. The minimum absolute atomic E-state index is 0.0777. The third-order valence-corrected chi connectivity index (χ3v) is 6.10. The number of ether oxygens (including phenoxy) is 1. The van der Waals surface area contributed by atoms with Crippen LogP contribution < -0.4 is 15.4 Å². The topological polar surface area (TPSA) is 133 Å². The summed E-state index contributed by atoms with van der Waals surface area (Å²) in [4.78, 5) is 40.2. The summed E-state index contributed by atoms with van der Waals surface area (Å²) in [6.45, 7) is 2.39. The van der Waals surface area contributed by atoms with Gasteiger partial charge in [-0.2, -0.15) is 0 Å². The van der Waals surface area contributed by atoms with Crippen LogP contribution in [0, 0.1) is 12.8 Å². The number of carbonyl (C=O) groups is 3. The lowest BCUT2D eigenvalue weighted by molar-refractivity contribution is -0.120. The van der Waals surface area contributed by atoms with Crippen molar-refractivity contribution in [3.8, 4) is 18.6 Å². The molecule has 39 heavy (non-hydrogen) atoms. The third kappa shape index (κ3) is 6.52. The van der Waals surface area contributed by atoms with Crippen LogP contribution in [0.25, 0.3) is 6.08 Å². The van der Waals surface area contributed by atoms with E-state index in [-0.39, 0.29) is 12.5 Å². The van der Waals surface area contributed by atoms with E-state index in [1.807, 2.05) is 24.3 Å². The summed E-state index contributed by atoms with van der Waals surface area (Å²) in [5.41, 5.74) is 4.32. The van der Waals surface area contributed by atoms with Crippen molar-refractivity contribution in [1.82, 2.24) is 15.5 Å². The second-order valence-electron chi connectivity index (χ2n) is 8.53. The van der Waals surface area contributed by atoms with Gasteiger partial charge < -0.3 is 24.5 Å². The Kier molecular flexibility index (Phi) is 9.62. The van der Waals surface area contributed by atoms with E-state index in [0.29, 0.717) is 30.1 Å². The molecule has 1 unspecified atom stereocenters. The Morgan fingerprint density at radius 2 is 2.00 bits per heavy atom. The number of imide groups is 1. The highest BCUT2D eigenvalue weighted by Crippen LogP contribution is 2.29. The van der Waals surface area contributed by atoms with E-state index in [9.17, 15) is 19.5 Å². The van der Waals surface area contributed by atoms with Crippen LogP contribution in [0.1, 0.15) is 46.0 Å². The summed E-state index contributed by atoms with van der Waals surface area (Å²) in [6.07, 6.45) is 17.4. The van der Waals surface area contributed by atoms with Crippen LogP contribution in [0.4, 0.5) is 4.79 Å². The molecular weight excluding hydrogens is 500 g/mol. The number of nitrogens with zero attached hydrogens (tertiary/aromatic N) is 2. The number of amides is 4. The Balaban J connectivity index is 0.000000236. The number of aliphatic imine (C=N–C) groups is 1. The SMILES string of the molecule is C#C.CC=N/C=C(\CO)C1=CCc2cc(C3NC(=O)NC3=O)oc2C=C1.COc1ccc2c(c1)C(=O)N(C)C2. The number of benzene rings is 1. The number of hydrogen-bond donors (Lipinski definition) is 3. The van der Waals surface area contributed by atoms with Crippen molar-refractivity contribution in [2.45, 2.75) is 25.9 Å². The standard InChI is InChI=1S/C17H17N3O4.C10H11NO2.C2H2/c1-2-18-8-12(9-21)10-3-4-11-7-14(24-13(11)6-5-10)15-16(22)20-17(23)19-15;1-11-6-7-3-4-8(13-2)5-9(7)10(11)12;1-2/h2-3,5-8,15,21H,4,9H2,1H3,(H2,19,20,22,23);3-5H,6H2,1-2H3;1-2H/b12-8+,18-2?;;. The molecule has 4 amide bonds. The molecule has 1 aromatic heterocycles. The van der Waals surface area contributed by atoms with Gasteiger partial charge in [-0.15, -0.1) is 12.8 Å². The van der Waals surface area contributed by atoms with Gasteiger partial charge in [0.2, 0.25) is 0 Å². The Hall–Kier alpha value is -4.88. The lowest BCUT2D eigenvalue weighted by Gasteiger charge is -2.04. The molecule has 0 bridgehead atoms. The number of rotatable bonds is 5. The molecule has 1 fully saturated rings. The number of fused-ring (bicyclic) bond motifs is 2. The molecule has 3 N–H and O–H groups in total. The van der Waals surface area contributed by atoms with Crippen molar-refractivity contribution in [1.29, 1.82) is 0 Å². The van der Waals surface area contributed by atoms with Crippen LogP contribution in [-0.4, -0.2) is 54.8 Å². The van der Waals surface area contributed by atoms with Crippen LogP contribution in [0.15, 0.2) is 63.2 Å². The first-order chi connectivity index (χ1) is 18.8. The molecule has 1 aliphatic carbocycles. The zero-order valence-corrected chi connectivity index (χ0v) is 21.9. The Labute approximate surface area is 226 Å². The molecule has 0 saturated carbocycles. The average Bonchev–Trinajstić information content (AvgIpc) is 3.55. The number of carbonyl (C=O) groups excluding carboxylic acids is 3. The van der Waals surface area contributed by atoms with Gasteiger partial charge in [0.25, 0.3) is 11.8 Å². The second kappa shape index (κ2) is 13.1. The number of aliphatic hydroxyl groups excluding tert-OH is 1. The van der Waals surface area contributed by atoms with Crippen molar-refractivity contribution >= 4 is 30.1 Å². The largest absolute Gasteiger partial charge is 0.497 e. The summed E-state index contributed by atoms with van der Waals surface area (Å²) in [5, 5.41) is 14.2. The summed E-state index contributed by atoms with van der Waals surface area (Å²) >= 11 is 0. The third-order valence-electron chi connectivity index (χ3n) is 6.10. The molecule has 2 aromatic rings. The molecule has 1 saturated heterocycles. The first-order valence-electron chi connectivity index (χ1n) is 12.0. The van der Waals surface area contributed by atoms with E-state index in [1.54, 1.807) is 56.6 Å². The average molecular weight is 531 g/mol. The minimum Gasteiger partial charge on any atom is -0.497 e. The number of furan rings is 1. The fourth-order valence-corrected chi connectivity index (χ4v) is 4.14. The highest BCUT2D eigenvalue weighted by molar-refractivity contribution is 6.04. The summed E-state index contributed by atoms with van der Waals surface area (Å²) in [6, 6.07) is 6.06. The van der Waals surface area contributed by atoms with E-state index < -0.39 is 18.0 Å². The molecule has 1 aromatic carbocycles. The fourth-order valence-electron chi connectivity index (χ4n) is 4.14. The zero-order chi connectivity index (χ0) is 28.5. The monoisotopic (exact) mass is 530 g/mol. The smallest absolute Gasteiger partial charge is 0.322 e. The van der Waals surface area contributed by atoms with Crippen molar-refractivity contribution < 1.29 is 28.6 Å². The van der Waals surface area contributed by atoms with Crippen molar-refractivity contribution in [3.63, 3.8) is 0 Å². The molecule has 3 aliphatic rings. The lowest BCUT2D eigenvalue weighted by Crippen LogP contribution is -2.22. The van der Waals surface area contributed by atoms with Gasteiger partial charge in [0.1, 0.15) is 17.3 Å². The van der Waals surface area contributed by atoms with Gasteiger partial charge in [-0.25, -0.2) is 4.79 Å². The highest BCUT2D eigenvalue weighted by atomic mass is 16.5. The van der Waals surface area contributed by atoms with E-state index in [1.165, 1.54) is 0 Å². The van der Waals surface area contributed by atoms with Gasteiger partial charge >= 0.3 is 6.03 Å². The fraction of sp³-hybridized carbons (Fsp3) is 0.241. The normalized spacial score (nSPS) is 17.6. The number of allylic oxidation sites excluding steroid dienone is 2. The van der Waals surface area contributed by atoms with Crippen molar-refractivity contribution in [2.75, 3.05) is 20.8 Å². The van der Waals surface area contributed by atoms with Crippen molar-refractivity contribution in [3.05, 3.63) is 82.0 Å². The van der Waals surface area contributed by atoms with Gasteiger partial charge in [0, 0.05) is 42.7 Å². The summed E-state index contributed by atoms with van der Waals surface area (Å²) in [5.74, 6) is 1.42. The number of aliphatic hydroxyl groups is 1. The first-order valence-corrected chi connectivity index (χ1v) is 12.0. The number of nitrogens with one attached hydrogen (secondary N) is 2. The van der Waals surface area contributed by atoms with Crippen LogP contribution in [0.5, 0.6) is 5.75 Å². The van der Waals surface area contributed by atoms with Crippen LogP contribution in [0.3, 0.4) is 0 Å². The molecule has 0 radical (unpaired) electrons. The molecule has 10 heteroatoms. The van der Waals surface area contributed by atoms with Gasteiger partial charge in [-0.1, -0.05) is 18.2 Å². The van der Waals surface area contributed by atoms with E-state index in [2.05, 4.69) is 28.5 Å². The Morgan fingerprint density at radius 3 is 2.64 bits per heavy atom. The van der Waals surface area contributed by atoms with Gasteiger partial charge in [0.15, 0.2) is 6.04 Å². The number of urea groups is 1. The van der Waals surface area contributed by atoms with E-state index in [4.69, 9.17) is 9.15 Å². The summed E-state index contributed by atoms with van der Waals surface area (Å²) in [7, 11) is 3.40. The summed E-state index contributed by atoms with van der Waals surface area (Å²) < 4.78 is 10.8. The van der Waals surface area contributed by atoms with E-state index >= 15 is 0 Å². The van der Waals surface area contributed by atoms with Crippen LogP contribution in [-0.2, 0) is 17.8 Å². The first kappa shape index (κ1) is 28.7. The molecular formula is C29H30N4O6. The van der Waals surface area contributed by atoms with Gasteiger partial charge in [-0.3, -0.25) is 19.9 Å². The maximum Gasteiger partial charge on any atom is 0.322 e. The van der Waals surface area contributed by atoms with Crippen LogP contribution >= 0.6 is 0 Å². The number of terminal acetylenes is 1. The van der Waals surface area contributed by atoms with Crippen LogP contribution in [0.2, 0.25) is 0 Å². The number of hydrogen-bond acceptors (Lipinski definition) is 7. The number of methoxy groups -OCH3 is 1. The molecule has 10 nitrogen and oxygen atoms in total. The predicted molar refractivity (Wildman–Crippen MR) is 147 cm³/mol. The lowest BCUT2D eigenvalue weighted by atomic mass is 10.1. The molecule has 5 rings (SSSR count). The molecule has 3 heterocycles. The zero-order valence-electron chi connectivity index (χ0n) is 21.9. The second-order valence-corrected chi connectivity index (χ2v) is 8.53. The molecule has 1 atom stereocenters. The quantitative estimate of drug-likeness (QED) is 0.309. The van der Waals surface area contributed by atoms with E-state index in [0.717, 1.165) is 28.0 Å². The van der Waals surface area contributed by atoms with Gasteiger partial charge in [0.05, 0.1) is 13.7 Å². The predicted octanol–water partition coefficient (Wildman–Crippen LogP) is 3.15.